The summed E-state index contributed by atoms with van der Waals surface area (Å²) in [6.07, 6.45) is 5.76. The maximum absolute atomic E-state index is 12.8. The Morgan fingerprint density at radius 2 is 2.12 bits per heavy atom. The first kappa shape index (κ1) is 13.7. The van der Waals surface area contributed by atoms with Gasteiger partial charge in [-0.25, -0.2) is 4.98 Å². The Balaban J connectivity index is 1.89. The largest absolute Gasteiger partial charge is 0.294 e. The van der Waals surface area contributed by atoms with E-state index in [1.165, 1.54) is 0 Å². The van der Waals surface area contributed by atoms with Crippen molar-refractivity contribution in [3.05, 3.63) is 51.8 Å². The molecule has 0 spiro atoms. The van der Waals surface area contributed by atoms with Gasteiger partial charge in [0, 0.05) is 18.0 Å². The third-order valence-electron chi connectivity index (χ3n) is 4.57. The van der Waals surface area contributed by atoms with E-state index < -0.39 is 0 Å². The van der Waals surface area contributed by atoms with Crippen LogP contribution in [0, 0.1) is 0 Å². The Kier molecular flexibility index (Phi) is 2.67. The maximum Gasteiger partial charge on any atom is 0.261 e. The predicted octanol–water partition coefficient (Wildman–Crippen LogP) is 2.30. The molecule has 5 rings (SSSR count). The zero-order valence-electron chi connectivity index (χ0n) is 12.8. The number of aryl methyl sites for hydroxylation is 1. The molecule has 3 aromatic heterocycles. The molecule has 1 fully saturated rings. The van der Waals surface area contributed by atoms with Gasteiger partial charge in [0.1, 0.15) is 6.33 Å². The van der Waals surface area contributed by atoms with Crippen LogP contribution in [0.1, 0.15) is 24.5 Å². The summed E-state index contributed by atoms with van der Waals surface area (Å²) in [7, 11) is 1.73. The molecule has 0 bridgehead atoms. The summed E-state index contributed by atoms with van der Waals surface area (Å²) in [5.41, 5.74) is 2.38. The van der Waals surface area contributed by atoms with E-state index in [2.05, 4.69) is 15.3 Å². The topological polar surface area (TPSA) is 70.0 Å². The van der Waals surface area contributed by atoms with Crippen LogP contribution in [0.5, 0.6) is 0 Å². The van der Waals surface area contributed by atoms with Gasteiger partial charge in [0.05, 0.1) is 22.8 Å². The Labute approximate surface area is 141 Å². The van der Waals surface area contributed by atoms with Gasteiger partial charge in [-0.15, -0.1) is 5.10 Å². The van der Waals surface area contributed by atoms with Gasteiger partial charge >= 0.3 is 0 Å². The monoisotopic (exact) mass is 340 g/mol. The van der Waals surface area contributed by atoms with E-state index in [1.807, 2.05) is 10.5 Å². The number of halogens is 1. The fourth-order valence-electron chi connectivity index (χ4n) is 3.20. The van der Waals surface area contributed by atoms with Gasteiger partial charge in [-0.05, 0) is 31.0 Å². The van der Waals surface area contributed by atoms with Crippen LogP contribution in [0.3, 0.4) is 0 Å². The minimum atomic E-state index is -0.116. The molecular weight excluding hydrogens is 328 g/mol. The number of hydrogen-bond donors (Lipinski definition) is 0. The lowest BCUT2D eigenvalue weighted by molar-refractivity contribution is 0.744. The SMILES string of the molecule is Cn1c(=O)c2cc(Cl)ccc2n2cnc(-n3nncc3C3CC3)c12. The first-order valence-electron chi connectivity index (χ1n) is 7.71. The third kappa shape index (κ3) is 1.78. The number of aromatic nitrogens is 6. The van der Waals surface area contributed by atoms with Gasteiger partial charge in [-0.3, -0.25) is 13.8 Å². The first-order valence-corrected chi connectivity index (χ1v) is 8.09. The normalized spacial score (nSPS) is 14.8. The van der Waals surface area contributed by atoms with Gasteiger partial charge in [0.2, 0.25) is 0 Å². The van der Waals surface area contributed by atoms with Crippen molar-refractivity contribution in [3.8, 4) is 5.82 Å². The molecule has 24 heavy (non-hydrogen) atoms. The van der Waals surface area contributed by atoms with Crippen molar-refractivity contribution in [2.24, 2.45) is 7.05 Å². The Morgan fingerprint density at radius 3 is 2.92 bits per heavy atom. The average Bonchev–Trinajstić information content (AvgIpc) is 3.14. The summed E-state index contributed by atoms with van der Waals surface area (Å²) in [6.45, 7) is 0. The zero-order valence-corrected chi connectivity index (χ0v) is 13.6. The smallest absolute Gasteiger partial charge is 0.261 e. The molecule has 0 atom stereocenters. The van der Waals surface area contributed by atoms with Crippen molar-refractivity contribution in [1.29, 1.82) is 0 Å². The Hall–Kier alpha value is -2.67. The third-order valence-corrected chi connectivity index (χ3v) is 4.80. The van der Waals surface area contributed by atoms with Gasteiger partial charge in [-0.2, -0.15) is 4.68 Å². The molecular formula is C16H13ClN6O. The fraction of sp³-hybridized carbons (Fsp3) is 0.250. The molecule has 1 saturated carbocycles. The molecule has 0 amide bonds. The van der Waals surface area contributed by atoms with Crippen LogP contribution in [0.15, 0.2) is 35.5 Å². The summed E-state index contributed by atoms with van der Waals surface area (Å²) in [4.78, 5) is 17.3. The minimum absolute atomic E-state index is 0.116. The lowest BCUT2D eigenvalue weighted by Crippen LogP contribution is -2.20. The quantitative estimate of drug-likeness (QED) is 0.561. The van der Waals surface area contributed by atoms with E-state index in [-0.39, 0.29) is 5.56 Å². The molecule has 4 aromatic rings. The molecule has 1 aromatic carbocycles. The van der Waals surface area contributed by atoms with E-state index >= 15 is 0 Å². The zero-order chi connectivity index (χ0) is 16.4. The van der Waals surface area contributed by atoms with Crippen LogP contribution in [0.25, 0.3) is 22.4 Å². The van der Waals surface area contributed by atoms with Crippen molar-refractivity contribution in [2.45, 2.75) is 18.8 Å². The lowest BCUT2D eigenvalue weighted by Gasteiger charge is -2.09. The molecule has 3 heterocycles. The highest BCUT2D eigenvalue weighted by Gasteiger charge is 2.29. The van der Waals surface area contributed by atoms with Crippen LogP contribution < -0.4 is 5.56 Å². The highest BCUT2D eigenvalue weighted by atomic mass is 35.5. The van der Waals surface area contributed by atoms with Gasteiger partial charge in [0.25, 0.3) is 5.56 Å². The molecule has 0 saturated heterocycles. The van der Waals surface area contributed by atoms with E-state index in [4.69, 9.17) is 11.6 Å². The van der Waals surface area contributed by atoms with Crippen LogP contribution >= 0.6 is 11.6 Å². The number of fused-ring (bicyclic) bond motifs is 3. The number of rotatable bonds is 2. The van der Waals surface area contributed by atoms with E-state index in [1.54, 1.807) is 41.0 Å². The highest BCUT2D eigenvalue weighted by molar-refractivity contribution is 6.31. The average molecular weight is 341 g/mol. The molecule has 0 unspecified atom stereocenters. The molecule has 8 heteroatoms. The molecule has 1 aliphatic carbocycles. The first-order chi connectivity index (χ1) is 11.6. The van der Waals surface area contributed by atoms with Gasteiger partial charge in [0.15, 0.2) is 11.5 Å². The van der Waals surface area contributed by atoms with Crippen molar-refractivity contribution in [3.63, 3.8) is 0 Å². The summed E-state index contributed by atoms with van der Waals surface area (Å²) in [5.74, 6) is 1.10. The van der Waals surface area contributed by atoms with E-state index in [0.29, 0.717) is 27.8 Å². The molecule has 1 aliphatic rings. The van der Waals surface area contributed by atoms with Gasteiger partial charge in [-0.1, -0.05) is 16.8 Å². The maximum atomic E-state index is 12.8. The molecule has 0 radical (unpaired) electrons. The summed E-state index contributed by atoms with van der Waals surface area (Å²) < 4.78 is 5.22. The van der Waals surface area contributed by atoms with E-state index in [9.17, 15) is 4.79 Å². The molecule has 0 aliphatic heterocycles. The van der Waals surface area contributed by atoms with E-state index in [0.717, 1.165) is 24.1 Å². The fourth-order valence-corrected chi connectivity index (χ4v) is 3.37. The van der Waals surface area contributed by atoms with Crippen LogP contribution in [-0.2, 0) is 7.05 Å². The predicted molar refractivity (Wildman–Crippen MR) is 89.8 cm³/mol. The number of nitrogens with zero attached hydrogens (tertiary/aromatic N) is 6. The summed E-state index contributed by atoms with van der Waals surface area (Å²) in [5, 5.41) is 9.31. The standard InChI is InChI=1S/C16H13ClN6O/c1-21-15-14(23-13(7-19-20-23)9-2-3-9)18-8-22(15)12-5-4-10(17)6-11(12)16(21)24/h4-9H,2-3H2,1H3. The van der Waals surface area contributed by atoms with Crippen molar-refractivity contribution < 1.29 is 0 Å². The Morgan fingerprint density at radius 1 is 1.29 bits per heavy atom. The number of benzene rings is 1. The highest BCUT2D eigenvalue weighted by Crippen LogP contribution is 2.40. The number of hydrogen-bond acceptors (Lipinski definition) is 4. The molecule has 7 nitrogen and oxygen atoms in total. The second-order valence-electron chi connectivity index (χ2n) is 6.13. The van der Waals surface area contributed by atoms with Crippen LogP contribution in [0.2, 0.25) is 5.02 Å². The molecule has 0 N–H and O–H groups in total. The van der Waals surface area contributed by atoms with Crippen LogP contribution in [-0.4, -0.2) is 28.9 Å². The van der Waals surface area contributed by atoms with Crippen molar-refractivity contribution >= 4 is 28.2 Å². The summed E-state index contributed by atoms with van der Waals surface area (Å²) >= 11 is 6.05. The molecule has 120 valence electrons. The second-order valence-corrected chi connectivity index (χ2v) is 6.57. The minimum Gasteiger partial charge on any atom is -0.294 e. The Bertz CT molecular complexity index is 1170. The van der Waals surface area contributed by atoms with Gasteiger partial charge < -0.3 is 0 Å². The summed E-state index contributed by atoms with van der Waals surface area (Å²) in [6, 6.07) is 5.29. The second kappa shape index (κ2) is 4.67. The van der Waals surface area contributed by atoms with Crippen LogP contribution in [0.4, 0.5) is 0 Å². The van der Waals surface area contributed by atoms with Crippen molar-refractivity contribution in [1.82, 2.24) is 28.9 Å². The van der Waals surface area contributed by atoms with Crippen molar-refractivity contribution in [2.75, 3.05) is 0 Å². The number of imidazole rings is 1. The lowest BCUT2D eigenvalue weighted by atomic mass is 10.2.